The number of aromatic nitrogens is 1. The molecule has 0 fully saturated rings. The van der Waals surface area contributed by atoms with Crippen molar-refractivity contribution in [1.29, 1.82) is 0 Å². The van der Waals surface area contributed by atoms with Crippen LogP contribution in [-0.2, 0) is 7.05 Å². The lowest BCUT2D eigenvalue weighted by Crippen LogP contribution is -2.17. The fraction of sp³-hybridized carbons (Fsp3) is 0.353. The van der Waals surface area contributed by atoms with Crippen LogP contribution >= 0.6 is 0 Å². The van der Waals surface area contributed by atoms with Crippen molar-refractivity contribution in [2.24, 2.45) is 7.05 Å². The molecule has 2 rings (SSSR count). The van der Waals surface area contributed by atoms with E-state index >= 15 is 0 Å². The van der Waals surface area contributed by atoms with Gasteiger partial charge in [0.1, 0.15) is 0 Å². The van der Waals surface area contributed by atoms with E-state index in [1.807, 2.05) is 18.3 Å². The molecule has 0 amide bonds. The summed E-state index contributed by atoms with van der Waals surface area (Å²) in [7, 11) is 1.77. The minimum Gasteiger partial charge on any atom is -0.377 e. The van der Waals surface area contributed by atoms with E-state index in [1.54, 1.807) is 17.7 Å². The highest BCUT2D eigenvalue weighted by molar-refractivity contribution is 5.43. The van der Waals surface area contributed by atoms with Crippen molar-refractivity contribution in [2.75, 3.05) is 5.32 Å². The molecule has 2 aromatic rings. The number of nitrogens with zero attached hydrogens (tertiary/aromatic N) is 1. The van der Waals surface area contributed by atoms with Crippen molar-refractivity contribution in [2.45, 2.75) is 32.2 Å². The minimum atomic E-state index is 0.0142. The minimum absolute atomic E-state index is 0.0142. The summed E-state index contributed by atoms with van der Waals surface area (Å²) in [4.78, 5) is 11.4. The van der Waals surface area contributed by atoms with Gasteiger partial charge in [-0.25, -0.2) is 0 Å². The second-order valence-corrected chi connectivity index (χ2v) is 5.12. The maximum atomic E-state index is 11.4. The molecular formula is C17H22N2O. The Labute approximate surface area is 120 Å². The number of aryl methyl sites for hydroxylation is 1. The van der Waals surface area contributed by atoms with Crippen LogP contribution in [0.1, 0.15) is 37.8 Å². The summed E-state index contributed by atoms with van der Waals surface area (Å²) in [5.41, 5.74) is 2.28. The maximum Gasteiger partial charge on any atom is 0.250 e. The highest BCUT2D eigenvalue weighted by Gasteiger charge is 2.10. The summed E-state index contributed by atoms with van der Waals surface area (Å²) < 4.78 is 1.60. The lowest BCUT2D eigenvalue weighted by molar-refractivity contribution is 0.633. The monoisotopic (exact) mass is 270 g/mol. The van der Waals surface area contributed by atoms with Gasteiger partial charge in [0.05, 0.1) is 11.7 Å². The van der Waals surface area contributed by atoms with Crippen molar-refractivity contribution in [3.8, 4) is 0 Å². The van der Waals surface area contributed by atoms with Gasteiger partial charge in [-0.15, -0.1) is 0 Å². The number of pyridine rings is 1. The summed E-state index contributed by atoms with van der Waals surface area (Å²) in [6.45, 7) is 2.20. The fourth-order valence-corrected chi connectivity index (χ4v) is 2.30. The van der Waals surface area contributed by atoms with Crippen LogP contribution < -0.4 is 10.9 Å². The Hall–Kier alpha value is -2.03. The molecule has 0 aliphatic carbocycles. The first-order valence-corrected chi connectivity index (χ1v) is 7.19. The standard InChI is InChI=1S/C17H22N2O/c1-3-4-10-16(14-8-6-5-7-9-14)18-15-11-12-17(20)19(2)13-15/h5-9,11-13,16,18H,3-4,10H2,1-2H3. The molecule has 0 radical (unpaired) electrons. The van der Waals surface area contributed by atoms with Gasteiger partial charge in [-0.2, -0.15) is 0 Å². The van der Waals surface area contributed by atoms with Crippen LogP contribution in [0.3, 0.4) is 0 Å². The quantitative estimate of drug-likeness (QED) is 0.868. The molecule has 0 aliphatic rings. The highest BCUT2D eigenvalue weighted by Crippen LogP contribution is 2.23. The zero-order valence-corrected chi connectivity index (χ0v) is 12.2. The number of anilines is 1. The molecule has 20 heavy (non-hydrogen) atoms. The molecule has 0 saturated heterocycles. The van der Waals surface area contributed by atoms with Crippen molar-refractivity contribution >= 4 is 5.69 Å². The van der Waals surface area contributed by atoms with Gasteiger partial charge in [0.15, 0.2) is 0 Å². The van der Waals surface area contributed by atoms with E-state index in [9.17, 15) is 4.79 Å². The van der Waals surface area contributed by atoms with Crippen LogP contribution in [-0.4, -0.2) is 4.57 Å². The van der Waals surface area contributed by atoms with Crippen LogP contribution in [0, 0.1) is 0 Å². The summed E-state index contributed by atoms with van der Waals surface area (Å²) in [5.74, 6) is 0. The van der Waals surface area contributed by atoms with Gasteiger partial charge in [-0.3, -0.25) is 4.79 Å². The Morgan fingerprint density at radius 1 is 1.15 bits per heavy atom. The van der Waals surface area contributed by atoms with E-state index in [4.69, 9.17) is 0 Å². The van der Waals surface area contributed by atoms with Crippen LogP contribution in [0.4, 0.5) is 5.69 Å². The predicted octanol–water partition coefficient (Wildman–Crippen LogP) is 3.73. The van der Waals surface area contributed by atoms with Crippen molar-refractivity contribution in [3.63, 3.8) is 0 Å². The first-order chi connectivity index (χ1) is 9.70. The van der Waals surface area contributed by atoms with Gasteiger partial charge in [-0.1, -0.05) is 50.1 Å². The Morgan fingerprint density at radius 2 is 1.90 bits per heavy atom. The Morgan fingerprint density at radius 3 is 2.55 bits per heavy atom. The maximum absolute atomic E-state index is 11.4. The molecule has 3 heteroatoms. The smallest absolute Gasteiger partial charge is 0.250 e. The Kier molecular flexibility index (Phi) is 4.99. The fourth-order valence-electron chi connectivity index (χ4n) is 2.30. The molecule has 0 bridgehead atoms. The molecule has 1 heterocycles. The van der Waals surface area contributed by atoms with Crippen molar-refractivity contribution in [3.05, 3.63) is 64.6 Å². The highest BCUT2D eigenvalue weighted by atomic mass is 16.1. The van der Waals surface area contributed by atoms with E-state index in [0.717, 1.165) is 12.1 Å². The van der Waals surface area contributed by atoms with Crippen LogP contribution in [0.2, 0.25) is 0 Å². The van der Waals surface area contributed by atoms with E-state index < -0.39 is 0 Å². The molecule has 1 atom stereocenters. The number of rotatable bonds is 6. The van der Waals surface area contributed by atoms with E-state index in [1.165, 1.54) is 18.4 Å². The van der Waals surface area contributed by atoms with Gasteiger partial charge in [0.2, 0.25) is 5.56 Å². The second-order valence-electron chi connectivity index (χ2n) is 5.12. The third kappa shape index (κ3) is 3.73. The topological polar surface area (TPSA) is 34.0 Å². The van der Waals surface area contributed by atoms with E-state index in [0.29, 0.717) is 0 Å². The van der Waals surface area contributed by atoms with E-state index in [-0.39, 0.29) is 11.6 Å². The van der Waals surface area contributed by atoms with E-state index in [2.05, 4.69) is 36.5 Å². The van der Waals surface area contributed by atoms with Gasteiger partial charge in [0.25, 0.3) is 0 Å². The summed E-state index contributed by atoms with van der Waals surface area (Å²) in [5, 5.41) is 3.54. The van der Waals surface area contributed by atoms with Crippen LogP contribution in [0.5, 0.6) is 0 Å². The summed E-state index contributed by atoms with van der Waals surface area (Å²) in [6, 6.07) is 14.2. The third-order valence-corrected chi connectivity index (χ3v) is 3.48. The molecule has 1 N–H and O–H groups in total. The Bertz CT molecular complexity index is 589. The van der Waals surface area contributed by atoms with Crippen molar-refractivity contribution < 1.29 is 0 Å². The lowest BCUT2D eigenvalue weighted by atomic mass is 10.0. The molecule has 0 saturated carbocycles. The molecule has 0 spiro atoms. The summed E-state index contributed by atoms with van der Waals surface area (Å²) in [6.07, 6.45) is 5.30. The number of unbranched alkanes of at least 4 members (excludes halogenated alkanes) is 1. The zero-order chi connectivity index (χ0) is 14.4. The first-order valence-electron chi connectivity index (χ1n) is 7.19. The molecule has 1 aromatic carbocycles. The normalized spacial score (nSPS) is 12.1. The molecular weight excluding hydrogens is 248 g/mol. The van der Waals surface area contributed by atoms with Crippen LogP contribution in [0.15, 0.2) is 53.5 Å². The Balaban J connectivity index is 2.19. The zero-order valence-electron chi connectivity index (χ0n) is 12.2. The molecule has 106 valence electrons. The van der Waals surface area contributed by atoms with Crippen molar-refractivity contribution in [1.82, 2.24) is 4.57 Å². The number of hydrogen-bond acceptors (Lipinski definition) is 2. The molecule has 3 nitrogen and oxygen atoms in total. The largest absolute Gasteiger partial charge is 0.377 e. The number of benzene rings is 1. The average molecular weight is 270 g/mol. The number of hydrogen-bond donors (Lipinski definition) is 1. The second kappa shape index (κ2) is 6.94. The van der Waals surface area contributed by atoms with Gasteiger partial charge in [0, 0.05) is 19.3 Å². The molecule has 1 unspecified atom stereocenters. The van der Waals surface area contributed by atoms with Crippen LogP contribution in [0.25, 0.3) is 0 Å². The van der Waals surface area contributed by atoms with Gasteiger partial charge < -0.3 is 9.88 Å². The third-order valence-electron chi connectivity index (χ3n) is 3.48. The average Bonchev–Trinajstić information content (AvgIpc) is 2.48. The molecule has 1 aromatic heterocycles. The van der Waals surface area contributed by atoms with Gasteiger partial charge >= 0.3 is 0 Å². The molecule has 0 aliphatic heterocycles. The lowest BCUT2D eigenvalue weighted by Gasteiger charge is -2.20. The summed E-state index contributed by atoms with van der Waals surface area (Å²) >= 11 is 0. The SMILES string of the molecule is CCCCC(Nc1ccc(=O)n(C)c1)c1ccccc1. The predicted molar refractivity (Wildman–Crippen MR) is 84.0 cm³/mol. The van der Waals surface area contributed by atoms with Gasteiger partial charge in [-0.05, 0) is 18.1 Å². The first kappa shape index (κ1) is 14.4. The number of nitrogens with one attached hydrogen (secondary N) is 1.